The summed E-state index contributed by atoms with van der Waals surface area (Å²) in [6.45, 7) is 2.08. The number of amides is 2. The molecule has 1 aliphatic rings. The molecule has 0 saturated carbocycles. The number of halogens is 1. The Morgan fingerprint density at radius 3 is 2.73 bits per heavy atom. The average Bonchev–Trinajstić information content (AvgIpc) is 2.88. The van der Waals surface area contributed by atoms with Crippen LogP contribution in [0, 0.1) is 6.92 Å². The number of benzene rings is 2. The Hall–Kier alpha value is -2.25. The molecule has 1 fully saturated rings. The summed E-state index contributed by atoms with van der Waals surface area (Å²) in [6, 6.07) is 13.2. The van der Waals surface area contributed by atoms with Gasteiger partial charge in [0.05, 0.1) is 18.7 Å². The van der Waals surface area contributed by atoms with Crippen LogP contribution in [0.2, 0.25) is 0 Å². The van der Waals surface area contributed by atoms with Gasteiger partial charge in [0.1, 0.15) is 5.75 Å². The molecule has 1 aliphatic heterocycles. The first-order chi connectivity index (χ1) is 12.5. The Kier molecular flexibility index (Phi) is 5.68. The van der Waals surface area contributed by atoms with Crippen LogP contribution in [0.4, 0.5) is 10.5 Å². The van der Waals surface area contributed by atoms with Gasteiger partial charge in [0, 0.05) is 15.7 Å². The van der Waals surface area contributed by atoms with Crippen molar-refractivity contribution in [2.24, 2.45) is 0 Å². The summed E-state index contributed by atoms with van der Waals surface area (Å²) >= 11 is 4.35. The number of rotatable bonds is 5. The molecule has 26 heavy (non-hydrogen) atoms. The zero-order chi connectivity index (χ0) is 18.7. The largest absolute Gasteiger partial charge is 0.496 e. The fourth-order valence-electron chi connectivity index (χ4n) is 2.55. The van der Waals surface area contributed by atoms with Crippen LogP contribution in [0.5, 0.6) is 5.75 Å². The van der Waals surface area contributed by atoms with Crippen molar-refractivity contribution in [2.75, 3.05) is 19.1 Å². The highest BCUT2D eigenvalue weighted by molar-refractivity contribution is 9.10. The summed E-state index contributed by atoms with van der Waals surface area (Å²) in [5.41, 5.74) is 2.66. The summed E-state index contributed by atoms with van der Waals surface area (Å²) in [5, 5.41) is 2.85. The number of anilines is 1. The maximum Gasteiger partial charge on any atom is 0.295 e. The number of nitrogens with zero attached hydrogens (tertiary/aromatic N) is 1. The first kappa shape index (κ1) is 18.5. The number of imide groups is 1. The van der Waals surface area contributed by atoms with Gasteiger partial charge < -0.3 is 10.1 Å². The number of hydrogen-bond donors (Lipinski definition) is 1. The third kappa shape index (κ3) is 3.94. The van der Waals surface area contributed by atoms with E-state index in [9.17, 15) is 9.59 Å². The molecule has 0 atom stereocenters. The van der Waals surface area contributed by atoms with Crippen molar-refractivity contribution in [1.82, 2.24) is 4.90 Å². The minimum Gasteiger partial charge on any atom is -0.496 e. The highest BCUT2D eigenvalue weighted by Crippen LogP contribution is 2.34. The Bertz CT molecular complexity index is 898. The van der Waals surface area contributed by atoms with Crippen LogP contribution in [0.25, 0.3) is 6.08 Å². The number of thioether (sulfide) groups is 1. The molecule has 0 bridgehead atoms. The van der Waals surface area contributed by atoms with E-state index in [1.54, 1.807) is 13.2 Å². The van der Waals surface area contributed by atoms with Crippen molar-refractivity contribution in [2.45, 2.75) is 6.92 Å². The average molecular weight is 433 g/mol. The van der Waals surface area contributed by atoms with Gasteiger partial charge in [0.25, 0.3) is 11.1 Å². The summed E-state index contributed by atoms with van der Waals surface area (Å²) < 4.78 is 6.27. The summed E-state index contributed by atoms with van der Waals surface area (Å²) in [6.07, 6.45) is 1.69. The van der Waals surface area contributed by atoms with Crippen molar-refractivity contribution in [3.63, 3.8) is 0 Å². The monoisotopic (exact) mass is 432 g/mol. The molecule has 3 rings (SSSR count). The molecule has 0 aliphatic carbocycles. The van der Waals surface area contributed by atoms with Gasteiger partial charge in [0.2, 0.25) is 0 Å². The third-order valence-electron chi connectivity index (χ3n) is 3.92. The molecule has 134 valence electrons. The Balaban J connectivity index is 1.75. The molecule has 5 nitrogen and oxygen atoms in total. The predicted octanol–water partition coefficient (Wildman–Crippen LogP) is 4.87. The van der Waals surface area contributed by atoms with Gasteiger partial charge in [-0.15, -0.1) is 0 Å². The van der Waals surface area contributed by atoms with Crippen LogP contribution in [0.15, 0.2) is 51.8 Å². The standard InChI is InChI=1S/C19H17BrN2O3S/c1-12-9-14(20)7-8-15(12)21-11-22-18(23)17(26-19(22)24)10-13-5-3-4-6-16(13)25-2/h3-10,21H,11H2,1-2H3/b17-10+. The van der Waals surface area contributed by atoms with Gasteiger partial charge >= 0.3 is 0 Å². The zero-order valence-corrected chi connectivity index (χ0v) is 16.7. The fourth-order valence-corrected chi connectivity index (χ4v) is 3.86. The first-order valence-electron chi connectivity index (χ1n) is 7.88. The molecule has 1 N–H and O–H groups in total. The first-order valence-corrected chi connectivity index (χ1v) is 9.49. The van der Waals surface area contributed by atoms with Crippen LogP contribution >= 0.6 is 27.7 Å². The van der Waals surface area contributed by atoms with Crippen LogP contribution in [0.3, 0.4) is 0 Å². The number of ether oxygens (including phenoxy) is 1. The lowest BCUT2D eigenvalue weighted by Gasteiger charge is -2.16. The minimum absolute atomic E-state index is 0.121. The molecule has 0 unspecified atom stereocenters. The normalized spacial score (nSPS) is 15.7. The second-order valence-corrected chi connectivity index (χ2v) is 7.55. The van der Waals surface area contributed by atoms with Gasteiger partial charge in [-0.1, -0.05) is 34.1 Å². The van der Waals surface area contributed by atoms with Crippen LogP contribution < -0.4 is 10.1 Å². The molecule has 2 aromatic carbocycles. The SMILES string of the molecule is COc1ccccc1/C=C1/SC(=O)N(CNc2ccc(Br)cc2C)C1=O. The summed E-state index contributed by atoms with van der Waals surface area (Å²) in [5.74, 6) is 0.344. The molecule has 2 amide bonds. The predicted molar refractivity (Wildman–Crippen MR) is 108 cm³/mol. The van der Waals surface area contributed by atoms with Crippen molar-refractivity contribution >= 4 is 50.6 Å². The van der Waals surface area contributed by atoms with Gasteiger partial charge in [-0.3, -0.25) is 14.5 Å². The van der Waals surface area contributed by atoms with E-state index < -0.39 is 0 Å². The van der Waals surface area contributed by atoms with Crippen LogP contribution in [0.1, 0.15) is 11.1 Å². The molecule has 2 aromatic rings. The summed E-state index contributed by atoms with van der Waals surface area (Å²) in [7, 11) is 1.57. The molecular formula is C19H17BrN2O3S. The molecule has 7 heteroatoms. The van der Waals surface area contributed by atoms with Gasteiger partial charge in [-0.2, -0.15) is 0 Å². The van der Waals surface area contributed by atoms with Crippen molar-refractivity contribution in [3.8, 4) is 5.75 Å². The zero-order valence-electron chi connectivity index (χ0n) is 14.3. The van der Waals surface area contributed by atoms with E-state index in [1.165, 1.54) is 4.90 Å². The van der Waals surface area contributed by atoms with Gasteiger partial charge in [-0.25, -0.2) is 0 Å². The van der Waals surface area contributed by atoms with E-state index in [-0.39, 0.29) is 17.8 Å². The van der Waals surface area contributed by atoms with Gasteiger partial charge in [-0.05, 0) is 54.6 Å². The number of hydrogen-bond acceptors (Lipinski definition) is 5. The highest BCUT2D eigenvalue weighted by Gasteiger charge is 2.35. The number of carbonyl (C=O) groups excluding carboxylic acids is 2. The Morgan fingerprint density at radius 2 is 2.00 bits per heavy atom. The Labute approximate surface area is 164 Å². The van der Waals surface area contributed by atoms with E-state index in [0.29, 0.717) is 10.7 Å². The lowest BCUT2D eigenvalue weighted by Crippen LogP contribution is -2.33. The lowest BCUT2D eigenvalue weighted by molar-refractivity contribution is -0.122. The van der Waals surface area contributed by atoms with Crippen LogP contribution in [-0.2, 0) is 4.79 Å². The van der Waals surface area contributed by atoms with Crippen molar-refractivity contribution < 1.29 is 14.3 Å². The van der Waals surface area contributed by atoms with Gasteiger partial charge in [0.15, 0.2) is 0 Å². The quantitative estimate of drug-likeness (QED) is 0.682. The van der Waals surface area contributed by atoms with E-state index >= 15 is 0 Å². The number of carbonyl (C=O) groups is 2. The second kappa shape index (κ2) is 7.97. The number of methoxy groups -OCH3 is 1. The fraction of sp³-hybridized carbons (Fsp3) is 0.158. The Morgan fingerprint density at radius 1 is 1.23 bits per heavy atom. The number of nitrogens with one attached hydrogen (secondary N) is 1. The maximum absolute atomic E-state index is 12.6. The highest BCUT2D eigenvalue weighted by atomic mass is 79.9. The molecule has 1 heterocycles. The second-order valence-electron chi connectivity index (χ2n) is 5.65. The van der Waals surface area contributed by atoms with E-state index in [4.69, 9.17) is 4.74 Å². The maximum atomic E-state index is 12.6. The smallest absolute Gasteiger partial charge is 0.295 e. The number of para-hydroxylation sites is 1. The lowest BCUT2D eigenvalue weighted by atomic mass is 10.2. The van der Waals surface area contributed by atoms with E-state index in [2.05, 4.69) is 21.2 Å². The molecule has 1 saturated heterocycles. The topological polar surface area (TPSA) is 58.6 Å². The summed E-state index contributed by atoms with van der Waals surface area (Å²) in [4.78, 5) is 26.4. The van der Waals surface area contributed by atoms with Crippen molar-refractivity contribution in [3.05, 3.63) is 63.0 Å². The molecule has 0 spiro atoms. The number of aryl methyl sites for hydroxylation is 1. The van der Waals surface area contributed by atoms with E-state index in [0.717, 1.165) is 33.0 Å². The third-order valence-corrected chi connectivity index (χ3v) is 5.32. The molecule has 0 aromatic heterocycles. The molecule has 0 radical (unpaired) electrons. The molecular weight excluding hydrogens is 416 g/mol. The van der Waals surface area contributed by atoms with E-state index in [1.807, 2.05) is 49.4 Å². The minimum atomic E-state index is -0.312. The van der Waals surface area contributed by atoms with Crippen LogP contribution in [-0.4, -0.2) is 29.8 Å². The van der Waals surface area contributed by atoms with Crippen molar-refractivity contribution in [1.29, 1.82) is 0 Å².